The van der Waals surface area contributed by atoms with E-state index < -0.39 is 0 Å². The monoisotopic (exact) mass is 359 g/mol. The van der Waals surface area contributed by atoms with Gasteiger partial charge in [0.05, 0.1) is 7.11 Å². The van der Waals surface area contributed by atoms with Crippen molar-refractivity contribution in [1.29, 1.82) is 0 Å². The van der Waals surface area contributed by atoms with Gasteiger partial charge >= 0.3 is 0 Å². The summed E-state index contributed by atoms with van der Waals surface area (Å²) in [6.07, 6.45) is 4.39. The molecule has 0 amide bonds. The molecule has 0 radical (unpaired) electrons. The number of nitrogens with one attached hydrogen (secondary N) is 1. The second-order valence-electron chi connectivity index (χ2n) is 6.91. The van der Waals surface area contributed by atoms with Crippen LogP contribution in [0.3, 0.4) is 0 Å². The van der Waals surface area contributed by atoms with E-state index in [0.717, 1.165) is 54.8 Å². The standard InChI is InChI=1S/C23H25N3O/c1-27-19-10-6-16(7-11-19)17-8-13-22-21(15-17)20-12-9-18(25-23(20)26-22)5-3-2-4-14-24/h6-13,15H,2-5,14,24H2,1H3,(H,25,26). The molecule has 27 heavy (non-hydrogen) atoms. The van der Waals surface area contributed by atoms with Crippen LogP contribution in [0.2, 0.25) is 0 Å². The summed E-state index contributed by atoms with van der Waals surface area (Å²) in [5.74, 6) is 0.870. The van der Waals surface area contributed by atoms with E-state index in [-0.39, 0.29) is 0 Å². The second-order valence-corrected chi connectivity index (χ2v) is 6.91. The molecule has 0 atom stereocenters. The van der Waals surface area contributed by atoms with Gasteiger partial charge in [-0.2, -0.15) is 0 Å². The van der Waals surface area contributed by atoms with E-state index in [4.69, 9.17) is 15.5 Å². The van der Waals surface area contributed by atoms with Crippen LogP contribution in [0.5, 0.6) is 5.75 Å². The van der Waals surface area contributed by atoms with Crippen LogP contribution in [0.4, 0.5) is 0 Å². The van der Waals surface area contributed by atoms with Crippen molar-refractivity contribution in [2.24, 2.45) is 5.73 Å². The van der Waals surface area contributed by atoms with Gasteiger partial charge in [0.25, 0.3) is 0 Å². The highest BCUT2D eigenvalue weighted by atomic mass is 16.5. The number of unbranched alkanes of at least 4 members (excludes halogenated alkanes) is 2. The fraction of sp³-hybridized carbons (Fsp3) is 0.261. The van der Waals surface area contributed by atoms with Gasteiger partial charge < -0.3 is 15.5 Å². The van der Waals surface area contributed by atoms with Crippen LogP contribution >= 0.6 is 0 Å². The molecule has 3 N–H and O–H groups in total. The minimum atomic E-state index is 0.769. The van der Waals surface area contributed by atoms with Crippen LogP contribution in [-0.4, -0.2) is 23.6 Å². The van der Waals surface area contributed by atoms with Crippen LogP contribution in [0.25, 0.3) is 33.1 Å². The van der Waals surface area contributed by atoms with Gasteiger partial charge in [0, 0.05) is 22.0 Å². The first-order valence-electron chi connectivity index (χ1n) is 9.54. The summed E-state index contributed by atoms with van der Waals surface area (Å²) < 4.78 is 5.25. The molecule has 0 bridgehead atoms. The van der Waals surface area contributed by atoms with Crippen molar-refractivity contribution in [2.45, 2.75) is 25.7 Å². The van der Waals surface area contributed by atoms with Gasteiger partial charge in [-0.1, -0.05) is 24.6 Å². The van der Waals surface area contributed by atoms with E-state index in [1.807, 2.05) is 12.1 Å². The largest absolute Gasteiger partial charge is 0.497 e. The second kappa shape index (κ2) is 7.80. The quantitative estimate of drug-likeness (QED) is 0.453. The van der Waals surface area contributed by atoms with Crippen molar-refractivity contribution >= 4 is 21.9 Å². The predicted molar refractivity (Wildman–Crippen MR) is 112 cm³/mol. The number of benzene rings is 2. The third-order valence-electron chi connectivity index (χ3n) is 5.08. The van der Waals surface area contributed by atoms with Gasteiger partial charge in [0.1, 0.15) is 11.4 Å². The van der Waals surface area contributed by atoms with E-state index in [0.29, 0.717) is 0 Å². The molecule has 0 fully saturated rings. The first-order chi connectivity index (χ1) is 13.3. The molecule has 0 aliphatic carbocycles. The molecule has 138 valence electrons. The van der Waals surface area contributed by atoms with Crippen LogP contribution in [0.15, 0.2) is 54.6 Å². The Morgan fingerprint density at radius 2 is 1.70 bits per heavy atom. The Bertz CT molecular complexity index is 1050. The maximum absolute atomic E-state index is 5.57. The number of methoxy groups -OCH3 is 1. The number of pyridine rings is 1. The smallest absolute Gasteiger partial charge is 0.138 e. The van der Waals surface area contributed by atoms with Crippen LogP contribution in [0.1, 0.15) is 25.0 Å². The average molecular weight is 359 g/mol. The van der Waals surface area contributed by atoms with Gasteiger partial charge in [0.15, 0.2) is 0 Å². The Labute approximate surface area is 159 Å². The number of fused-ring (bicyclic) bond motifs is 3. The van der Waals surface area contributed by atoms with E-state index in [1.165, 1.54) is 21.9 Å². The summed E-state index contributed by atoms with van der Waals surface area (Å²) >= 11 is 0. The third kappa shape index (κ3) is 3.67. The fourth-order valence-corrected chi connectivity index (χ4v) is 3.55. The summed E-state index contributed by atoms with van der Waals surface area (Å²) in [5, 5.41) is 2.38. The van der Waals surface area contributed by atoms with Crippen molar-refractivity contribution in [1.82, 2.24) is 9.97 Å². The SMILES string of the molecule is COc1ccc(-c2ccc3[nH]c4nc(CCCCCN)ccc4c3c2)cc1. The molecule has 0 saturated heterocycles. The molecule has 0 spiro atoms. The number of nitrogens with two attached hydrogens (primary N) is 1. The number of rotatable bonds is 7. The molecule has 4 heteroatoms. The lowest BCUT2D eigenvalue weighted by atomic mass is 10.0. The van der Waals surface area contributed by atoms with Gasteiger partial charge in [-0.3, -0.25) is 0 Å². The van der Waals surface area contributed by atoms with Crippen LogP contribution in [0, 0.1) is 0 Å². The molecule has 0 saturated carbocycles. The van der Waals surface area contributed by atoms with Crippen LogP contribution < -0.4 is 10.5 Å². The van der Waals surface area contributed by atoms with Gasteiger partial charge in [-0.05, 0) is 73.3 Å². The Morgan fingerprint density at radius 1 is 0.889 bits per heavy atom. The molecule has 0 aliphatic rings. The fourth-order valence-electron chi connectivity index (χ4n) is 3.55. The summed E-state index contributed by atoms with van der Waals surface area (Å²) in [6.45, 7) is 0.769. The highest BCUT2D eigenvalue weighted by Gasteiger charge is 2.08. The zero-order chi connectivity index (χ0) is 18.6. The Kier molecular flexibility index (Phi) is 5.07. The van der Waals surface area contributed by atoms with Crippen molar-refractivity contribution in [3.63, 3.8) is 0 Å². The number of aromatic amines is 1. The van der Waals surface area contributed by atoms with Crippen LogP contribution in [-0.2, 0) is 6.42 Å². The lowest BCUT2D eigenvalue weighted by Gasteiger charge is -2.04. The van der Waals surface area contributed by atoms with E-state index in [9.17, 15) is 0 Å². The Morgan fingerprint density at radius 3 is 2.48 bits per heavy atom. The summed E-state index contributed by atoms with van der Waals surface area (Å²) in [5.41, 5.74) is 11.2. The summed E-state index contributed by atoms with van der Waals surface area (Å²) in [4.78, 5) is 8.30. The highest BCUT2D eigenvalue weighted by Crippen LogP contribution is 2.30. The molecule has 0 unspecified atom stereocenters. The summed E-state index contributed by atoms with van der Waals surface area (Å²) in [7, 11) is 1.69. The molecule has 4 aromatic rings. The van der Waals surface area contributed by atoms with E-state index in [2.05, 4.69) is 47.4 Å². The van der Waals surface area contributed by atoms with Gasteiger partial charge in [-0.25, -0.2) is 4.98 Å². The Hall–Kier alpha value is -2.85. The van der Waals surface area contributed by atoms with Gasteiger partial charge in [0.2, 0.25) is 0 Å². The minimum Gasteiger partial charge on any atom is -0.497 e. The normalized spacial score (nSPS) is 11.3. The molecular formula is C23H25N3O. The number of aryl methyl sites for hydroxylation is 1. The Balaban J connectivity index is 1.65. The maximum Gasteiger partial charge on any atom is 0.138 e. The zero-order valence-corrected chi connectivity index (χ0v) is 15.7. The maximum atomic E-state index is 5.57. The number of ether oxygens (including phenoxy) is 1. The number of nitrogens with zero attached hydrogens (tertiary/aromatic N) is 1. The average Bonchev–Trinajstić information content (AvgIpc) is 3.08. The molecule has 4 rings (SSSR count). The number of hydrogen-bond donors (Lipinski definition) is 2. The number of H-pyrrole nitrogens is 1. The van der Waals surface area contributed by atoms with Gasteiger partial charge in [-0.15, -0.1) is 0 Å². The van der Waals surface area contributed by atoms with Crippen molar-refractivity contribution in [3.8, 4) is 16.9 Å². The number of hydrogen-bond acceptors (Lipinski definition) is 3. The van der Waals surface area contributed by atoms with E-state index in [1.54, 1.807) is 7.11 Å². The molecule has 2 aromatic heterocycles. The zero-order valence-electron chi connectivity index (χ0n) is 15.7. The third-order valence-corrected chi connectivity index (χ3v) is 5.08. The topological polar surface area (TPSA) is 63.9 Å². The first-order valence-corrected chi connectivity index (χ1v) is 9.54. The lowest BCUT2D eigenvalue weighted by Crippen LogP contribution is -1.98. The number of aromatic nitrogens is 2. The molecular weight excluding hydrogens is 334 g/mol. The first kappa shape index (κ1) is 17.6. The van der Waals surface area contributed by atoms with Crippen molar-refractivity contribution in [3.05, 3.63) is 60.3 Å². The predicted octanol–water partition coefficient (Wildman–Crippen LogP) is 5.06. The minimum absolute atomic E-state index is 0.769. The molecule has 2 heterocycles. The lowest BCUT2D eigenvalue weighted by molar-refractivity contribution is 0.415. The van der Waals surface area contributed by atoms with Crippen molar-refractivity contribution in [2.75, 3.05) is 13.7 Å². The summed E-state index contributed by atoms with van der Waals surface area (Å²) in [6, 6.07) is 19.0. The van der Waals surface area contributed by atoms with E-state index >= 15 is 0 Å². The molecule has 4 nitrogen and oxygen atoms in total. The van der Waals surface area contributed by atoms with Crippen molar-refractivity contribution < 1.29 is 4.74 Å². The molecule has 2 aromatic carbocycles. The highest BCUT2D eigenvalue weighted by molar-refractivity contribution is 6.07. The molecule has 0 aliphatic heterocycles.